The predicted octanol–water partition coefficient (Wildman–Crippen LogP) is 2.94. The molecule has 1 amide bonds. The number of rotatable bonds is 7. The first-order chi connectivity index (χ1) is 11.5. The molecule has 0 bridgehead atoms. The largest absolute Gasteiger partial charge is 0.497 e. The van der Waals surface area contributed by atoms with Gasteiger partial charge in [0, 0.05) is 17.1 Å². The maximum absolute atomic E-state index is 12.0. The molecule has 0 radical (unpaired) electrons. The molecule has 2 rings (SSSR count). The van der Waals surface area contributed by atoms with E-state index in [1.807, 2.05) is 42.6 Å². The molecular formula is C18H21Cl2N2O2+. The highest BCUT2D eigenvalue weighted by molar-refractivity contribution is 6.35. The van der Waals surface area contributed by atoms with Crippen LogP contribution in [0.3, 0.4) is 0 Å². The maximum atomic E-state index is 12.0. The molecule has 1 atom stereocenters. The molecule has 0 aliphatic rings. The van der Waals surface area contributed by atoms with Crippen molar-refractivity contribution in [2.45, 2.75) is 19.5 Å². The van der Waals surface area contributed by atoms with Crippen LogP contribution in [0.1, 0.15) is 24.1 Å². The van der Waals surface area contributed by atoms with E-state index in [2.05, 4.69) is 5.32 Å². The van der Waals surface area contributed by atoms with Crippen molar-refractivity contribution in [1.29, 1.82) is 0 Å². The molecule has 0 aromatic heterocycles. The van der Waals surface area contributed by atoms with Crippen LogP contribution in [0.5, 0.6) is 5.75 Å². The first kappa shape index (κ1) is 18.6. The Hall–Kier alpha value is -1.75. The number of carbonyl (C=O) groups is 1. The molecular weight excluding hydrogens is 347 g/mol. The molecule has 4 nitrogen and oxygen atoms in total. The number of quaternary nitrogens is 1. The molecule has 0 spiro atoms. The van der Waals surface area contributed by atoms with Gasteiger partial charge in [-0.25, -0.2) is 0 Å². The normalized spacial score (nSPS) is 11.8. The third-order valence-corrected chi connectivity index (χ3v) is 4.32. The Bertz CT molecular complexity index is 690. The van der Waals surface area contributed by atoms with Crippen LogP contribution < -0.4 is 15.4 Å². The molecule has 24 heavy (non-hydrogen) atoms. The summed E-state index contributed by atoms with van der Waals surface area (Å²) < 4.78 is 5.11. The molecule has 0 saturated heterocycles. The number of hydrogen-bond donors (Lipinski definition) is 2. The maximum Gasteiger partial charge on any atom is 0.275 e. The molecule has 0 aliphatic carbocycles. The molecule has 3 N–H and O–H groups in total. The van der Waals surface area contributed by atoms with Crippen LogP contribution in [0.2, 0.25) is 10.0 Å². The third-order valence-electron chi connectivity index (χ3n) is 3.76. The van der Waals surface area contributed by atoms with Crippen molar-refractivity contribution in [3.05, 3.63) is 63.6 Å². The second kappa shape index (κ2) is 8.92. The zero-order valence-corrected chi connectivity index (χ0v) is 15.2. The van der Waals surface area contributed by atoms with Crippen LogP contribution in [-0.2, 0) is 11.3 Å². The Morgan fingerprint density at radius 3 is 2.54 bits per heavy atom. The van der Waals surface area contributed by atoms with Crippen LogP contribution in [-0.4, -0.2) is 19.6 Å². The number of ether oxygens (including phenoxy) is 1. The van der Waals surface area contributed by atoms with Crippen molar-refractivity contribution in [2.24, 2.45) is 0 Å². The first-order valence-electron chi connectivity index (χ1n) is 7.67. The summed E-state index contributed by atoms with van der Waals surface area (Å²) in [5, 5.41) is 6.07. The van der Waals surface area contributed by atoms with Gasteiger partial charge in [-0.05, 0) is 36.8 Å². The predicted molar refractivity (Wildman–Crippen MR) is 96.5 cm³/mol. The van der Waals surface area contributed by atoms with Gasteiger partial charge in [0.05, 0.1) is 12.1 Å². The van der Waals surface area contributed by atoms with E-state index in [0.717, 1.165) is 16.9 Å². The Balaban J connectivity index is 1.79. The SMILES string of the molecule is COc1ccc(CNC(=O)C[NH2+][C@H](C)c2ccc(Cl)cc2Cl)cc1. The molecule has 2 aromatic rings. The van der Waals surface area contributed by atoms with Crippen molar-refractivity contribution < 1.29 is 14.8 Å². The number of nitrogens with one attached hydrogen (secondary N) is 1. The average molecular weight is 368 g/mol. The standard InChI is InChI=1S/C18H20Cl2N2O2/c1-12(16-8-5-14(19)9-17(16)20)21-11-18(23)22-10-13-3-6-15(24-2)7-4-13/h3-9,12,21H,10-11H2,1-2H3,(H,22,23)/p+1/t12-/m1/s1. The number of benzene rings is 2. The summed E-state index contributed by atoms with van der Waals surface area (Å²) in [6.45, 7) is 2.83. The fraction of sp³-hybridized carbons (Fsp3) is 0.278. The number of nitrogens with two attached hydrogens (primary N) is 1. The van der Waals surface area contributed by atoms with Gasteiger partial charge in [0.1, 0.15) is 11.8 Å². The van der Waals surface area contributed by atoms with Gasteiger partial charge in [-0.2, -0.15) is 0 Å². The first-order valence-corrected chi connectivity index (χ1v) is 8.43. The van der Waals surface area contributed by atoms with Gasteiger partial charge in [-0.1, -0.05) is 41.4 Å². The highest BCUT2D eigenvalue weighted by atomic mass is 35.5. The van der Waals surface area contributed by atoms with Crippen molar-refractivity contribution in [3.63, 3.8) is 0 Å². The third kappa shape index (κ3) is 5.41. The summed E-state index contributed by atoms with van der Waals surface area (Å²) in [6.07, 6.45) is 0. The highest BCUT2D eigenvalue weighted by Gasteiger charge is 2.14. The molecule has 0 heterocycles. The minimum absolute atomic E-state index is 0.0252. The van der Waals surface area contributed by atoms with Gasteiger partial charge in [-0.3, -0.25) is 4.79 Å². The minimum atomic E-state index is -0.0252. The number of amides is 1. The number of carbonyl (C=O) groups excluding carboxylic acids is 1. The molecule has 0 saturated carbocycles. The van der Waals surface area contributed by atoms with E-state index in [1.165, 1.54) is 0 Å². The lowest BCUT2D eigenvalue weighted by Crippen LogP contribution is -2.87. The quantitative estimate of drug-likeness (QED) is 0.790. The van der Waals surface area contributed by atoms with E-state index in [4.69, 9.17) is 27.9 Å². The van der Waals surface area contributed by atoms with Crippen LogP contribution in [0, 0.1) is 0 Å². The summed E-state index contributed by atoms with van der Waals surface area (Å²) in [6, 6.07) is 13.1. The smallest absolute Gasteiger partial charge is 0.275 e. The lowest BCUT2D eigenvalue weighted by molar-refractivity contribution is -0.682. The zero-order chi connectivity index (χ0) is 17.5. The van der Waals surface area contributed by atoms with Crippen molar-refractivity contribution >= 4 is 29.1 Å². The van der Waals surface area contributed by atoms with Gasteiger partial charge in [0.2, 0.25) is 0 Å². The van der Waals surface area contributed by atoms with Crippen LogP contribution in [0.15, 0.2) is 42.5 Å². The second-order valence-corrected chi connectivity index (χ2v) is 6.36. The summed E-state index contributed by atoms with van der Waals surface area (Å²) >= 11 is 12.1. The summed E-state index contributed by atoms with van der Waals surface area (Å²) in [7, 11) is 1.63. The lowest BCUT2D eigenvalue weighted by Gasteiger charge is -2.13. The van der Waals surface area contributed by atoms with Gasteiger partial charge in [-0.15, -0.1) is 0 Å². The highest BCUT2D eigenvalue weighted by Crippen LogP contribution is 2.24. The van der Waals surface area contributed by atoms with Crippen molar-refractivity contribution in [2.75, 3.05) is 13.7 Å². The molecule has 0 fully saturated rings. The van der Waals surface area contributed by atoms with Crippen LogP contribution >= 0.6 is 23.2 Å². The molecule has 0 aliphatic heterocycles. The van der Waals surface area contributed by atoms with E-state index in [-0.39, 0.29) is 11.9 Å². The lowest BCUT2D eigenvalue weighted by atomic mass is 10.1. The monoisotopic (exact) mass is 367 g/mol. The second-order valence-electron chi connectivity index (χ2n) is 5.52. The Morgan fingerprint density at radius 1 is 1.21 bits per heavy atom. The Morgan fingerprint density at radius 2 is 1.92 bits per heavy atom. The Labute approximate surface area is 152 Å². The van der Waals surface area contributed by atoms with Gasteiger partial charge in [0.15, 0.2) is 6.54 Å². The fourth-order valence-corrected chi connectivity index (χ4v) is 2.88. The van der Waals surface area contributed by atoms with E-state index >= 15 is 0 Å². The van der Waals surface area contributed by atoms with Crippen molar-refractivity contribution in [3.8, 4) is 5.75 Å². The average Bonchev–Trinajstić information content (AvgIpc) is 2.58. The summed E-state index contributed by atoms with van der Waals surface area (Å²) in [5.74, 6) is 0.773. The van der Waals surface area contributed by atoms with Crippen LogP contribution in [0.4, 0.5) is 0 Å². The van der Waals surface area contributed by atoms with Gasteiger partial charge in [0.25, 0.3) is 5.91 Å². The fourth-order valence-electron chi connectivity index (χ4n) is 2.30. The zero-order valence-electron chi connectivity index (χ0n) is 13.7. The van der Waals surface area contributed by atoms with Crippen LogP contribution in [0.25, 0.3) is 0 Å². The minimum Gasteiger partial charge on any atom is -0.497 e. The van der Waals surface area contributed by atoms with Crippen molar-refractivity contribution in [1.82, 2.24) is 5.32 Å². The molecule has 6 heteroatoms. The topological polar surface area (TPSA) is 54.9 Å². The summed E-state index contributed by atoms with van der Waals surface area (Å²) in [5.41, 5.74) is 1.99. The van der Waals surface area contributed by atoms with E-state index in [1.54, 1.807) is 19.2 Å². The van der Waals surface area contributed by atoms with E-state index in [9.17, 15) is 4.79 Å². The Kier molecular flexibility index (Phi) is 6.91. The number of methoxy groups -OCH3 is 1. The summed E-state index contributed by atoms with van der Waals surface area (Å²) in [4.78, 5) is 12.0. The number of hydrogen-bond acceptors (Lipinski definition) is 2. The molecule has 0 unspecified atom stereocenters. The molecule has 128 valence electrons. The van der Waals surface area contributed by atoms with E-state index in [0.29, 0.717) is 23.1 Å². The number of halogens is 2. The van der Waals surface area contributed by atoms with Gasteiger partial charge < -0.3 is 15.4 Å². The van der Waals surface area contributed by atoms with Gasteiger partial charge >= 0.3 is 0 Å². The molecule has 2 aromatic carbocycles. The van der Waals surface area contributed by atoms with E-state index < -0.39 is 0 Å².